The van der Waals surface area contributed by atoms with Gasteiger partial charge in [-0.05, 0) is 37.0 Å². The quantitative estimate of drug-likeness (QED) is 0.427. The van der Waals surface area contributed by atoms with Crippen LogP contribution in [0.5, 0.6) is 0 Å². The fourth-order valence-electron chi connectivity index (χ4n) is 3.03. The summed E-state index contributed by atoms with van der Waals surface area (Å²) < 4.78 is 5.63. The highest BCUT2D eigenvalue weighted by atomic mass is 28.2. The Kier molecular flexibility index (Phi) is 11.2. The van der Waals surface area contributed by atoms with E-state index in [0.29, 0.717) is 0 Å². The first-order valence-electron chi connectivity index (χ1n) is 8.86. The second kappa shape index (κ2) is 11.0. The molecule has 0 fully saturated rings. The molecule has 0 aliphatic heterocycles. The lowest BCUT2D eigenvalue weighted by Gasteiger charge is -2.34. The van der Waals surface area contributed by atoms with Gasteiger partial charge in [0.05, 0.1) is 19.4 Å². The molecule has 2 nitrogen and oxygen atoms in total. The van der Waals surface area contributed by atoms with Crippen molar-refractivity contribution >= 4 is 19.4 Å². The molecule has 0 rings (SSSR count). The fourth-order valence-corrected chi connectivity index (χ4v) is 7.98. The molecule has 20 heavy (non-hydrogen) atoms. The highest BCUT2D eigenvalue weighted by Gasteiger charge is 2.17. The molecular weight excluding hydrogens is 276 g/mol. The van der Waals surface area contributed by atoms with Crippen LogP contribution in [0.1, 0.15) is 68.2 Å². The van der Waals surface area contributed by atoms with Gasteiger partial charge in [0, 0.05) is 0 Å². The van der Waals surface area contributed by atoms with Gasteiger partial charge in [0.1, 0.15) is 0 Å². The van der Waals surface area contributed by atoms with E-state index >= 15 is 0 Å². The van der Waals surface area contributed by atoms with Crippen LogP contribution < -0.4 is 0 Å². The van der Waals surface area contributed by atoms with E-state index in [9.17, 15) is 0 Å². The van der Waals surface area contributed by atoms with Crippen LogP contribution in [0, 0.1) is 0 Å². The molecule has 0 radical (unpaired) electrons. The van der Waals surface area contributed by atoms with Gasteiger partial charge in [0.15, 0.2) is 0 Å². The predicted molar refractivity (Wildman–Crippen MR) is 100 cm³/mol. The lowest BCUT2D eigenvalue weighted by molar-refractivity contribution is 0.285. The Bertz CT molecular complexity index is 211. The Morgan fingerprint density at radius 2 is 0.950 bits per heavy atom. The van der Waals surface area contributed by atoms with Gasteiger partial charge in [-0.2, -0.15) is 0 Å². The van der Waals surface area contributed by atoms with E-state index in [1.807, 2.05) is 0 Å². The Balaban J connectivity index is 4.14. The molecule has 2 unspecified atom stereocenters. The van der Waals surface area contributed by atoms with Gasteiger partial charge in [-0.3, -0.25) is 0 Å². The van der Waals surface area contributed by atoms with Crippen LogP contribution in [0.2, 0.25) is 12.1 Å². The summed E-state index contributed by atoms with van der Waals surface area (Å²) in [7, 11) is -0.0753. The third-order valence-electron chi connectivity index (χ3n) is 4.72. The molecule has 0 saturated carbocycles. The van der Waals surface area contributed by atoms with Crippen LogP contribution in [0.3, 0.4) is 0 Å². The first-order valence-corrected chi connectivity index (χ1v) is 12.1. The van der Waals surface area contributed by atoms with Gasteiger partial charge in [-0.15, -0.1) is 0 Å². The van der Waals surface area contributed by atoms with Crippen molar-refractivity contribution in [3.05, 3.63) is 0 Å². The minimum Gasteiger partial charge on any atom is -0.325 e. The van der Waals surface area contributed by atoms with Crippen LogP contribution >= 0.6 is 0 Å². The monoisotopic (exact) mass is 316 g/mol. The molecule has 0 aromatic heterocycles. The average Bonchev–Trinajstić information content (AvgIpc) is 2.40. The van der Waals surface area contributed by atoms with Crippen molar-refractivity contribution in [3.63, 3.8) is 0 Å². The Hall–Kier alpha value is 0.354. The van der Waals surface area contributed by atoms with E-state index in [1.54, 1.807) is 0 Å². The minimum absolute atomic E-state index is 0.0376. The lowest BCUT2D eigenvalue weighted by atomic mass is 10.2. The highest BCUT2D eigenvalue weighted by Crippen LogP contribution is 2.12. The second-order valence-corrected chi connectivity index (χ2v) is 10.7. The third-order valence-corrected chi connectivity index (χ3v) is 11.1. The number of rotatable bonds is 11. The van der Waals surface area contributed by atoms with Gasteiger partial charge >= 0.3 is 0 Å². The molecule has 0 amide bonds. The van der Waals surface area contributed by atoms with Gasteiger partial charge in [0.2, 0.25) is 0 Å². The van der Waals surface area contributed by atoms with E-state index in [1.165, 1.54) is 24.9 Å². The molecular formula is C16H40N2Si2. The zero-order chi connectivity index (χ0) is 15.7. The summed E-state index contributed by atoms with van der Waals surface area (Å²) >= 11 is 0. The SMILES string of the molecule is CCC(C)N([SiH2]CC[SiH2]N(C(C)C)C(C)CC)C(C)C. The molecule has 0 heterocycles. The second-order valence-electron chi connectivity index (χ2n) is 6.88. The van der Waals surface area contributed by atoms with Gasteiger partial charge in [-0.1, -0.05) is 67.5 Å². The molecule has 0 aromatic carbocycles. The molecule has 0 aromatic rings. The van der Waals surface area contributed by atoms with Gasteiger partial charge in [0.25, 0.3) is 0 Å². The summed E-state index contributed by atoms with van der Waals surface area (Å²) in [6.45, 7) is 19.0. The fraction of sp³-hybridized carbons (Fsp3) is 1.00. The van der Waals surface area contributed by atoms with E-state index in [0.717, 1.165) is 24.2 Å². The maximum Gasteiger partial charge on any atom is 0.0954 e. The number of nitrogens with zero attached hydrogens (tertiary/aromatic N) is 2. The maximum atomic E-state index is 2.82. The van der Waals surface area contributed by atoms with Gasteiger partial charge < -0.3 is 9.13 Å². The molecule has 0 saturated heterocycles. The zero-order valence-corrected chi connectivity index (χ0v) is 18.3. The molecule has 0 bridgehead atoms. The summed E-state index contributed by atoms with van der Waals surface area (Å²) in [5, 5.41) is 0. The summed E-state index contributed by atoms with van der Waals surface area (Å²) in [5.74, 6) is 0. The summed E-state index contributed by atoms with van der Waals surface area (Å²) in [5.41, 5.74) is 0. The van der Waals surface area contributed by atoms with E-state index in [-0.39, 0.29) is 19.4 Å². The van der Waals surface area contributed by atoms with Crippen LogP contribution in [0.15, 0.2) is 0 Å². The largest absolute Gasteiger partial charge is 0.325 e. The van der Waals surface area contributed by atoms with Crippen LogP contribution in [0.25, 0.3) is 0 Å². The first kappa shape index (κ1) is 20.4. The molecule has 0 spiro atoms. The van der Waals surface area contributed by atoms with Crippen LogP contribution in [-0.4, -0.2) is 52.7 Å². The Morgan fingerprint density at radius 3 is 1.15 bits per heavy atom. The molecule has 4 heteroatoms. The smallest absolute Gasteiger partial charge is 0.0954 e. The maximum absolute atomic E-state index is 2.82. The summed E-state index contributed by atoms with van der Waals surface area (Å²) in [4.78, 5) is 0. The van der Waals surface area contributed by atoms with Crippen molar-refractivity contribution in [2.45, 2.75) is 104 Å². The Labute approximate surface area is 133 Å². The zero-order valence-electron chi connectivity index (χ0n) is 15.4. The molecule has 2 atom stereocenters. The average molecular weight is 317 g/mol. The Morgan fingerprint density at radius 1 is 0.650 bits per heavy atom. The highest BCUT2D eigenvalue weighted by molar-refractivity contribution is 6.39. The summed E-state index contributed by atoms with van der Waals surface area (Å²) in [6, 6.07) is 6.12. The van der Waals surface area contributed by atoms with Crippen molar-refractivity contribution in [1.29, 1.82) is 0 Å². The summed E-state index contributed by atoms with van der Waals surface area (Å²) in [6.07, 6.45) is 2.60. The van der Waals surface area contributed by atoms with E-state index in [2.05, 4.69) is 64.5 Å². The minimum atomic E-state index is -0.0376. The molecule has 122 valence electrons. The van der Waals surface area contributed by atoms with Crippen molar-refractivity contribution < 1.29 is 0 Å². The van der Waals surface area contributed by atoms with Crippen molar-refractivity contribution in [2.24, 2.45) is 0 Å². The number of hydrogen-bond donors (Lipinski definition) is 0. The van der Waals surface area contributed by atoms with Crippen molar-refractivity contribution in [1.82, 2.24) is 9.13 Å². The molecule has 0 aliphatic rings. The third kappa shape index (κ3) is 7.39. The van der Waals surface area contributed by atoms with E-state index in [4.69, 9.17) is 0 Å². The van der Waals surface area contributed by atoms with Crippen LogP contribution in [0.4, 0.5) is 0 Å². The predicted octanol–water partition coefficient (Wildman–Crippen LogP) is 3.01. The number of hydrogen-bond acceptors (Lipinski definition) is 2. The standard InChI is InChI=1S/C16H40N2Si2/c1-9-15(7)17(13(3)4)19-11-12-20-18(14(5)6)16(8)10-2/h13-16H,9-12,19-20H2,1-8H3. The first-order chi connectivity index (χ1) is 9.34. The molecule has 0 N–H and O–H groups in total. The normalized spacial score (nSPS) is 16.8. The topological polar surface area (TPSA) is 6.48 Å². The van der Waals surface area contributed by atoms with Gasteiger partial charge in [-0.25, -0.2) is 0 Å². The van der Waals surface area contributed by atoms with E-state index < -0.39 is 0 Å². The molecule has 0 aliphatic carbocycles. The lowest BCUT2D eigenvalue weighted by Crippen LogP contribution is -2.43. The van der Waals surface area contributed by atoms with Crippen molar-refractivity contribution in [3.8, 4) is 0 Å². The van der Waals surface area contributed by atoms with Crippen LogP contribution in [-0.2, 0) is 0 Å². The van der Waals surface area contributed by atoms with Crippen molar-refractivity contribution in [2.75, 3.05) is 0 Å².